The Morgan fingerprint density at radius 1 is 0.569 bits per heavy atom. The summed E-state index contributed by atoms with van der Waals surface area (Å²) in [6.45, 7) is 2.69. The molecule has 0 saturated carbocycles. The Balaban J connectivity index is 1.58. The van der Waals surface area contributed by atoms with Crippen molar-refractivity contribution in [1.82, 2.24) is 0 Å². The molecule has 302 valence electrons. The number of esters is 1. The summed E-state index contributed by atoms with van der Waals surface area (Å²) >= 11 is 0. The fourth-order valence-corrected chi connectivity index (χ4v) is 6.46. The Bertz CT molecular complexity index is 865. The first-order valence-electron chi connectivity index (χ1n) is 19.6. The van der Waals surface area contributed by atoms with Gasteiger partial charge in [-0.3, -0.25) is 4.79 Å². The third-order valence-corrected chi connectivity index (χ3v) is 9.67. The Morgan fingerprint density at radius 2 is 1.00 bits per heavy atom. The molecule has 14 nitrogen and oxygen atoms in total. The van der Waals surface area contributed by atoms with Gasteiger partial charge in [-0.05, 0) is 6.42 Å². The summed E-state index contributed by atoms with van der Waals surface area (Å²) in [6.07, 6.45) is 7.16. The molecular weight excluding hydrogens is 668 g/mol. The number of ether oxygens (including phenoxy) is 6. The summed E-state index contributed by atoms with van der Waals surface area (Å²) in [5, 5.41) is 70.8. The molecule has 11 unspecified atom stereocenters. The van der Waals surface area contributed by atoms with Crippen molar-refractivity contribution in [3.8, 4) is 0 Å². The maximum Gasteiger partial charge on any atom is 0.303 e. The Morgan fingerprint density at radius 3 is 1.47 bits per heavy atom. The van der Waals surface area contributed by atoms with Gasteiger partial charge in [-0.1, -0.05) is 116 Å². The van der Waals surface area contributed by atoms with Crippen molar-refractivity contribution in [1.29, 1.82) is 0 Å². The molecule has 0 aliphatic carbocycles. The maximum absolute atomic E-state index is 11.7. The number of carbonyl (C=O) groups is 1. The lowest BCUT2D eigenvalue weighted by molar-refractivity contribution is -0.332. The maximum atomic E-state index is 11.7. The number of unbranched alkanes of at least 4 members (excludes halogenated alkanes) is 17. The minimum atomic E-state index is -1.69. The second-order valence-corrected chi connectivity index (χ2v) is 14.2. The first kappa shape index (κ1) is 46.1. The largest absolute Gasteiger partial charge is 0.458 e. The van der Waals surface area contributed by atoms with Crippen LogP contribution in [0.4, 0.5) is 0 Å². The van der Waals surface area contributed by atoms with E-state index in [9.17, 15) is 40.5 Å². The van der Waals surface area contributed by atoms with E-state index in [1.807, 2.05) is 0 Å². The van der Waals surface area contributed by atoms with Crippen molar-refractivity contribution in [2.45, 2.75) is 197 Å². The molecule has 0 aromatic rings. The van der Waals surface area contributed by atoms with E-state index in [-0.39, 0.29) is 13.2 Å². The molecule has 2 rings (SSSR count). The molecule has 0 aromatic heterocycles. The first-order valence-corrected chi connectivity index (χ1v) is 19.6. The van der Waals surface area contributed by atoms with E-state index in [0.29, 0.717) is 6.61 Å². The molecule has 0 aromatic carbocycles. The van der Waals surface area contributed by atoms with Crippen LogP contribution in [0.2, 0.25) is 0 Å². The molecule has 7 N–H and O–H groups in total. The van der Waals surface area contributed by atoms with Gasteiger partial charge in [0.25, 0.3) is 0 Å². The molecule has 14 heteroatoms. The van der Waals surface area contributed by atoms with Gasteiger partial charge < -0.3 is 64.2 Å². The van der Waals surface area contributed by atoms with Gasteiger partial charge in [0.05, 0.1) is 26.4 Å². The summed E-state index contributed by atoms with van der Waals surface area (Å²) in [5.41, 5.74) is 0. The Hall–Kier alpha value is -1.01. The lowest BCUT2D eigenvalue weighted by Crippen LogP contribution is -2.61. The fourth-order valence-electron chi connectivity index (χ4n) is 6.46. The van der Waals surface area contributed by atoms with Gasteiger partial charge in [0, 0.05) is 13.5 Å². The minimum absolute atomic E-state index is 0.0518. The molecule has 11 atom stereocenters. The smallest absolute Gasteiger partial charge is 0.303 e. The second-order valence-electron chi connectivity index (χ2n) is 14.2. The molecule has 2 fully saturated rings. The summed E-state index contributed by atoms with van der Waals surface area (Å²) in [6, 6.07) is 0. The van der Waals surface area contributed by atoms with E-state index in [4.69, 9.17) is 28.4 Å². The van der Waals surface area contributed by atoms with Gasteiger partial charge in [0.1, 0.15) is 54.9 Å². The molecular formula is C37H70O14. The molecule has 2 aliphatic rings. The summed E-state index contributed by atoms with van der Waals surface area (Å²) in [4.78, 5) is 11.7. The quantitative estimate of drug-likeness (QED) is 0.0434. The first-order chi connectivity index (χ1) is 24.6. The normalized spacial score (nSPS) is 30.4. The summed E-state index contributed by atoms with van der Waals surface area (Å²) in [5.74, 6) is -0.549. The van der Waals surface area contributed by atoms with Crippen LogP contribution in [0.1, 0.15) is 129 Å². The van der Waals surface area contributed by atoms with Gasteiger partial charge in [-0.15, -0.1) is 0 Å². The van der Waals surface area contributed by atoms with Crippen LogP contribution in [0.15, 0.2) is 0 Å². The molecule has 0 amide bonds. The highest BCUT2D eigenvalue weighted by Gasteiger charge is 2.47. The van der Waals surface area contributed by atoms with E-state index >= 15 is 0 Å². The van der Waals surface area contributed by atoms with Crippen LogP contribution >= 0.6 is 0 Å². The molecule has 2 aliphatic heterocycles. The van der Waals surface area contributed by atoms with E-state index < -0.39 is 86.7 Å². The van der Waals surface area contributed by atoms with E-state index in [1.54, 1.807) is 0 Å². The van der Waals surface area contributed by atoms with Crippen molar-refractivity contribution < 1.29 is 69.0 Å². The van der Waals surface area contributed by atoms with Crippen molar-refractivity contribution in [3.63, 3.8) is 0 Å². The molecule has 2 saturated heterocycles. The Labute approximate surface area is 304 Å². The van der Waals surface area contributed by atoms with Crippen molar-refractivity contribution >= 4 is 5.97 Å². The molecule has 51 heavy (non-hydrogen) atoms. The third kappa shape index (κ3) is 18.2. The number of hydrogen-bond acceptors (Lipinski definition) is 14. The average Bonchev–Trinajstić information content (AvgIpc) is 3.11. The topological polar surface area (TPSA) is 214 Å². The average molecular weight is 739 g/mol. The van der Waals surface area contributed by atoms with Gasteiger partial charge in [0.2, 0.25) is 0 Å². The van der Waals surface area contributed by atoms with Crippen LogP contribution in [0.5, 0.6) is 0 Å². The summed E-state index contributed by atoms with van der Waals surface area (Å²) < 4.78 is 33.0. The van der Waals surface area contributed by atoms with Crippen LogP contribution in [0.25, 0.3) is 0 Å². The van der Waals surface area contributed by atoms with Crippen LogP contribution in [0.3, 0.4) is 0 Å². The van der Waals surface area contributed by atoms with Crippen molar-refractivity contribution in [2.75, 3.05) is 33.0 Å². The number of aliphatic hydroxyl groups excluding tert-OH is 7. The number of aliphatic hydroxyl groups is 7. The predicted molar refractivity (Wildman–Crippen MR) is 188 cm³/mol. The molecule has 0 spiro atoms. The lowest BCUT2D eigenvalue weighted by Gasteiger charge is -2.42. The van der Waals surface area contributed by atoms with E-state index in [2.05, 4.69) is 6.92 Å². The van der Waals surface area contributed by atoms with Crippen molar-refractivity contribution in [2.24, 2.45) is 0 Å². The highest BCUT2D eigenvalue weighted by molar-refractivity contribution is 5.66. The lowest BCUT2D eigenvalue weighted by atomic mass is 9.98. The number of rotatable bonds is 29. The highest BCUT2D eigenvalue weighted by atomic mass is 16.7. The van der Waals surface area contributed by atoms with Crippen LogP contribution < -0.4 is 0 Å². The summed E-state index contributed by atoms with van der Waals surface area (Å²) in [7, 11) is 0. The van der Waals surface area contributed by atoms with Crippen LogP contribution in [0, 0.1) is 0 Å². The minimum Gasteiger partial charge on any atom is -0.458 e. The zero-order valence-corrected chi connectivity index (χ0v) is 31.1. The standard InChI is InChI=1S/C37H70O14/c1-3-4-5-6-7-8-9-10-11-12-13-14-15-16-17-18-19-20-21-46-23-27(49-26(2)39)24-47-36-35(45)33(43)31(41)29(51-36)25-48-37-34(44)32(42)30(40)28(22-38)50-37/h27-38,40-45H,3-25H2,1-2H3. The second kappa shape index (κ2) is 27.6. The highest BCUT2D eigenvalue weighted by Crippen LogP contribution is 2.26. The van der Waals surface area contributed by atoms with Crippen LogP contribution in [-0.2, 0) is 33.2 Å². The SMILES string of the molecule is CCCCCCCCCCCCCCCCCCCCOCC(COC1OC(COC2OC(CO)C(O)C(O)C2O)C(O)C(O)C1O)OC(C)=O. The molecule has 2 heterocycles. The van der Waals surface area contributed by atoms with Gasteiger partial charge in [-0.25, -0.2) is 0 Å². The predicted octanol–water partition coefficient (Wildman–Crippen LogP) is 2.62. The van der Waals surface area contributed by atoms with E-state index in [0.717, 1.165) is 19.3 Å². The van der Waals surface area contributed by atoms with Gasteiger partial charge in [0.15, 0.2) is 12.6 Å². The van der Waals surface area contributed by atoms with Gasteiger partial charge in [-0.2, -0.15) is 0 Å². The number of carbonyl (C=O) groups excluding carboxylic acids is 1. The molecule has 0 bridgehead atoms. The zero-order chi connectivity index (χ0) is 37.4. The third-order valence-electron chi connectivity index (χ3n) is 9.67. The molecule has 0 radical (unpaired) electrons. The van der Waals surface area contributed by atoms with Crippen molar-refractivity contribution in [3.05, 3.63) is 0 Å². The number of hydrogen-bond donors (Lipinski definition) is 7. The Kier molecular flexibility index (Phi) is 24.9. The van der Waals surface area contributed by atoms with Gasteiger partial charge >= 0.3 is 5.97 Å². The monoisotopic (exact) mass is 738 g/mol. The van der Waals surface area contributed by atoms with E-state index in [1.165, 1.54) is 103 Å². The van der Waals surface area contributed by atoms with Crippen LogP contribution in [-0.4, -0.2) is 142 Å². The zero-order valence-electron chi connectivity index (χ0n) is 31.1. The fraction of sp³-hybridized carbons (Fsp3) is 0.973.